The second-order valence-corrected chi connectivity index (χ2v) is 4.97. The molecule has 112 valence electrons. The van der Waals surface area contributed by atoms with Crippen molar-refractivity contribution in [3.63, 3.8) is 0 Å². The van der Waals surface area contributed by atoms with Gasteiger partial charge in [-0.2, -0.15) is 0 Å². The number of likely N-dealkylation sites (N-methyl/N-ethyl adjacent to an activating group) is 1. The molecule has 0 aromatic heterocycles. The minimum absolute atomic E-state index is 0.0677. The molecule has 0 radical (unpaired) electrons. The van der Waals surface area contributed by atoms with Crippen molar-refractivity contribution in [1.29, 1.82) is 0 Å². The SMILES string of the molecule is CCC(C)N(C)CCNC(=O)NC(C)CCC(=O)O. The second-order valence-electron chi connectivity index (χ2n) is 4.97. The van der Waals surface area contributed by atoms with Crippen molar-refractivity contribution in [2.45, 2.75) is 52.1 Å². The summed E-state index contributed by atoms with van der Waals surface area (Å²) < 4.78 is 0. The summed E-state index contributed by atoms with van der Waals surface area (Å²) in [5, 5.41) is 14.0. The zero-order chi connectivity index (χ0) is 14.8. The average molecular weight is 273 g/mol. The molecule has 0 aliphatic heterocycles. The molecule has 0 saturated carbocycles. The van der Waals surface area contributed by atoms with Gasteiger partial charge in [-0.1, -0.05) is 6.92 Å². The van der Waals surface area contributed by atoms with E-state index < -0.39 is 5.97 Å². The Hall–Kier alpha value is -1.30. The molecule has 0 bridgehead atoms. The van der Waals surface area contributed by atoms with Gasteiger partial charge in [0.25, 0.3) is 0 Å². The molecule has 2 unspecified atom stereocenters. The van der Waals surface area contributed by atoms with Gasteiger partial charge < -0.3 is 20.6 Å². The number of aliphatic carboxylic acids is 1. The van der Waals surface area contributed by atoms with Gasteiger partial charge >= 0.3 is 12.0 Å². The van der Waals surface area contributed by atoms with Crippen molar-refractivity contribution in [2.75, 3.05) is 20.1 Å². The fourth-order valence-electron chi connectivity index (χ4n) is 1.56. The lowest BCUT2D eigenvalue weighted by Gasteiger charge is -2.23. The van der Waals surface area contributed by atoms with Crippen LogP contribution in [0.1, 0.15) is 40.0 Å². The van der Waals surface area contributed by atoms with Crippen molar-refractivity contribution in [2.24, 2.45) is 0 Å². The van der Waals surface area contributed by atoms with Crippen LogP contribution in [0, 0.1) is 0 Å². The third kappa shape index (κ3) is 9.30. The Morgan fingerprint density at radius 3 is 2.47 bits per heavy atom. The molecule has 0 fully saturated rings. The fraction of sp³-hybridized carbons (Fsp3) is 0.846. The summed E-state index contributed by atoms with van der Waals surface area (Å²) in [5.41, 5.74) is 0. The van der Waals surface area contributed by atoms with E-state index in [9.17, 15) is 9.59 Å². The van der Waals surface area contributed by atoms with Crippen LogP contribution in [0.15, 0.2) is 0 Å². The first-order valence-corrected chi connectivity index (χ1v) is 6.83. The first-order chi connectivity index (χ1) is 8.86. The highest BCUT2D eigenvalue weighted by atomic mass is 16.4. The van der Waals surface area contributed by atoms with Gasteiger partial charge in [0.05, 0.1) is 0 Å². The molecule has 19 heavy (non-hydrogen) atoms. The monoisotopic (exact) mass is 273 g/mol. The van der Waals surface area contributed by atoms with Gasteiger partial charge in [0.15, 0.2) is 0 Å². The van der Waals surface area contributed by atoms with Crippen molar-refractivity contribution in [3.05, 3.63) is 0 Å². The molecule has 0 rings (SSSR count). The summed E-state index contributed by atoms with van der Waals surface area (Å²) in [5.74, 6) is -0.843. The Morgan fingerprint density at radius 1 is 1.32 bits per heavy atom. The summed E-state index contributed by atoms with van der Waals surface area (Å²) in [6.45, 7) is 7.46. The largest absolute Gasteiger partial charge is 0.481 e. The van der Waals surface area contributed by atoms with Crippen LogP contribution in [0.4, 0.5) is 4.79 Å². The first-order valence-electron chi connectivity index (χ1n) is 6.83. The summed E-state index contributed by atoms with van der Waals surface area (Å²) in [4.78, 5) is 24.1. The number of carbonyl (C=O) groups excluding carboxylic acids is 1. The molecule has 2 amide bonds. The number of hydrogen-bond acceptors (Lipinski definition) is 3. The van der Waals surface area contributed by atoms with E-state index >= 15 is 0 Å². The van der Waals surface area contributed by atoms with Crippen LogP contribution in [0.5, 0.6) is 0 Å². The van der Waals surface area contributed by atoms with Crippen LogP contribution in [0.2, 0.25) is 0 Å². The topological polar surface area (TPSA) is 81.7 Å². The number of carbonyl (C=O) groups is 2. The second kappa shape index (κ2) is 9.61. The molecular formula is C13H27N3O3. The molecule has 0 heterocycles. The molecule has 0 aromatic rings. The number of nitrogens with zero attached hydrogens (tertiary/aromatic N) is 1. The Labute approximate surface area is 115 Å². The smallest absolute Gasteiger partial charge is 0.315 e. The first kappa shape index (κ1) is 17.7. The van der Waals surface area contributed by atoms with Crippen molar-refractivity contribution in [1.82, 2.24) is 15.5 Å². The third-order valence-electron chi connectivity index (χ3n) is 3.26. The molecule has 6 heteroatoms. The Balaban J connectivity index is 3.72. The van der Waals surface area contributed by atoms with Gasteiger partial charge in [0.2, 0.25) is 0 Å². The van der Waals surface area contributed by atoms with Crippen LogP contribution in [0.3, 0.4) is 0 Å². The minimum atomic E-state index is -0.843. The van der Waals surface area contributed by atoms with E-state index in [1.54, 1.807) is 6.92 Å². The third-order valence-corrected chi connectivity index (χ3v) is 3.26. The zero-order valence-corrected chi connectivity index (χ0v) is 12.4. The highest BCUT2D eigenvalue weighted by Crippen LogP contribution is 1.98. The van der Waals surface area contributed by atoms with Gasteiger partial charge in [0, 0.05) is 31.6 Å². The van der Waals surface area contributed by atoms with Gasteiger partial charge in [-0.3, -0.25) is 4.79 Å². The number of rotatable bonds is 9. The normalized spacial score (nSPS) is 13.9. The highest BCUT2D eigenvalue weighted by Gasteiger charge is 2.10. The van der Waals surface area contributed by atoms with Crippen LogP contribution in [0.25, 0.3) is 0 Å². The van der Waals surface area contributed by atoms with Gasteiger partial charge in [-0.15, -0.1) is 0 Å². The maximum atomic E-state index is 11.5. The maximum absolute atomic E-state index is 11.5. The summed E-state index contributed by atoms with van der Waals surface area (Å²) in [7, 11) is 2.03. The minimum Gasteiger partial charge on any atom is -0.481 e. The zero-order valence-electron chi connectivity index (χ0n) is 12.4. The van der Waals surface area contributed by atoms with Crippen molar-refractivity contribution in [3.8, 4) is 0 Å². The molecule has 0 aliphatic rings. The maximum Gasteiger partial charge on any atom is 0.315 e. The van der Waals surface area contributed by atoms with Crippen LogP contribution in [-0.4, -0.2) is 54.2 Å². The lowest BCUT2D eigenvalue weighted by molar-refractivity contribution is -0.137. The van der Waals surface area contributed by atoms with Gasteiger partial charge in [-0.25, -0.2) is 4.79 Å². The lowest BCUT2D eigenvalue weighted by Crippen LogP contribution is -2.44. The summed E-state index contributed by atoms with van der Waals surface area (Å²) >= 11 is 0. The molecule has 0 spiro atoms. The van der Waals surface area contributed by atoms with Crippen LogP contribution < -0.4 is 10.6 Å². The number of nitrogens with one attached hydrogen (secondary N) is 2. The predicted octanol–water partition coefficient (Wildman–Crippen LogP) is 1.27. The standard InChI is InChI=1S/C13H27N3O3/c1-5-11(3)16(4)9-8-14-13(19)15-10(2)6-7-12(17)18/h10-11H,5-9H2,1-4H3,(H,17,18)(H2,14,15,19). The van der Waals surface area contributed by atoms with Gasteiger partial charge in [0.1, 0.15) is 0 Å². The predicted molar refractivity (Wildman–Crippen MR) is 75.2 cm³/mol. The molecule has 2 atom stereocenters. The van der Waals surface area contributed by atoms with E-state index in [0.29, 0.717) is 19.0 Å². The number of hydrogen-bond donors (Lipinski definition) is 3. The van der Waals surface area contributed by atoms with E-state index in [2.05, 4.69) is 29.4 Å². The van der Waals surface area contributed by atoms with E-state index in [0.717, 1.165) is 13.0 Å². The van der Waals surface area contributed by atoms with Crippen LogP contribution >= 0.6 is 0 Å². The Kier molecular flexibility index (Phi) is 8.95. The molecule has 3 N–H and O–H groups in total. The highest BCUT2D eigenvalue weighted by molar-refractivity contribution is 5.74. The number of carboxylic acids is 1. The average Bonchev–Trinajstić information content (AvgIpc) is 2.35. The molecular weight excluding hydrogens is 246 g/mol. The number of urea groups is 1. The van der Waals surface area contributed by atoms with E-state index in [-0.39, 0.29) is 18.5 Å². The van der Waals surface area contributed by atoms with E-state index in [1.807, 2.05) is 7.05 Å². The molecule has 0 aromatic carbocycles. The summed E-state index contributed by atoms with van der Waals surface area (Å²) in [6, 6.07) is 0.123. The number of carboxylic acid groups (broad SMARTS) is 1. The molecule has 0 aliphatic carbocycles. The summed E-state index contributed by atoms with van der Waals surface area (Å²) in [6.07, 6.45) is 1.59. The van der Waals surface area contributed by atoms with Crippen molar-refractivity contribution < 1.29 is 14.7 Å². The molecule has 0 saturated heterocycles. The van der Waals surface area contributed by atoms with E-state index in [1.165, 1.54) is 0 Å². The van der Waals surface area contributed by atoms with Gasteiger partial charge in [-0.05, 0) is 33.7 Å². The number of amides is 2. The molecule has 6 nitrogen and oxygen atoms in total. The van der Waals surface area contributed by atoms with Crippen LogP contribution in [-0.2, 0) is 4.79 Å². The quantitative estimate of drug-likeness (QED) is 0.591. The fourth-order valence-corrected chi connectivity index (χ4v) is 1.56. The van der Waals surface area contributed by atoms with Crippen molar-refractivity contribution >= 4 is 12.0 Å². The lowest BCUT2D eigenvalue weighted by atomic mass is 10.2. The Morgan fingerprint density at radius 2 is 1.95 bits per heavy atom. The van der Waals surface area contributed by atoms with E-state index in [4.69, 9.17) is 5.11 Å². The Bertz CT molecular complexity index is 284.